The Kier molecular flexibility index (Phi) is 19.6. The number of phenolic OH excluding ortho intramolecular Hbond substituents is 3. The quantitative estimate of drug-likeness (QED) is 0.193. The average Bonchev–Trinajstić information content (AvgIpc) is 3.17. The molecule has 3 aromatic carbocycles. The van der Waals surface area contributed by atoms with E-state index < -0.39 is 0 Å². The fraction of sp³-hybridized carbons (Fsp3) is 0.600. The van der Waals surface area contributed by atoms with E-state index in [4.69, 9.17) is 31.9 Å². The van der Waals surface area contributed by atoms with Crippen molar-refractivity contribution < 1.29 is 73.8 Å². The molecule has 1 heterocycles. The summed E-state index contributed by atoms with van der Waals surface area (Å²) in [7, 11) is 0. The van der Waals surface area contributed by atoms with Gasteiger partial charge in [0.05, 0.1) is 0 Å². The van der Waals surface area contributed by atoms with Crippen LogP contribution in [0.4, 0.5) is 0 Å². The molecule has 0 aromatic heterocycles. The molecule has 3 N–H and O–H groups in total. The number of aryl methyl sites for hydroxylation is 3. The van der Waals surface area contributed by atoms with Crippen LogP contribution in [0, 0.1) is 20.8 Å². The van der Waals surface area contributed by atoms with Gasteiger partial charge in [0.15, 0.2) is 0 Å². The minimum absolute atomic E-state index is 0. The van der Waals surface area contributed by atoms with E-state index in [0.717, 1.165) is 127 Å². The molecule has 0 unspecified atom stereocenters. The summed E-state index contributed by atoms with van der Waals surface area (Å²) in [6.45, 7) is 8.87. The first-order valence-corrected chi connectivity index (χ1v) is 20.7. The number of hydrogen-bond acceptors (Lipinski definition) is 3. The molecule has 6 bridgehead atoms. The van der Waals surface area contributed by atoms with Crippen molar-refractivity contribution in [3.05, 3.63) is 118 Å². The second-order valence-corrected chi connectivity index (χ2v) is 16.6. The van der Waals surface area contributed by atoms with E-state index in [9.17, 15) is 15.3 Å². The maximum Gasteiger partial charge on any atom is 2.00 e. The Labute approximate surface area is 380 Å². The van der Waals surface area contributed by atoms with Crippen LogP contribution in [0.1, 0.15) is 127 Å². The molecule has 57 heavy (non-hydrogen) atoms. The van der Waals surface area contributed by atoms with E-state index in [1.54, 1.807) is 0 Å². The van der Waals surface area contributed by atoms with Gasteiger partial charge >= 0.3 is 58.4 Å². The smallest absolute Gasteiger partial charge is 0.657 e. The summed E-state index contributed by atoms with van der Waals surface area (Å²) in [4.78, 5) is 0. The van der Waals surface area contributed by atoms with Crippen LogP contribution in [0.2, 0.25) is 0 Å². The molecule has 6 atom stereocenters. The Bertz CT molecular complexity index is 1440. The topological polar surface area (TPSA) is 145 Å². The summed E-state index contributed by atoms with van der Waals surface area (Å²) < 4.78 is 0. The second kappa shape index (κ2) is 23.1. The normalized spacial score (nSPS) is 26.4. The van der Waals surface area contributed by atoms with Gasteiger partial charge in [-0.15, -0.1) is 39.3 Å². The van der Waals surface area contributed by atoms with Crippen molar-refractivity contribution in [2.75, 3.05) is 0 Å². The van der Waals surface area contributed by atoms with Gasteiger partial charge in [-0.25, -0.2) is 0 Å². The van der Waals surface area contributed by atoms with Crippen LogP contribution in [0.3, 0.4) is 0 Å². The summed E-state index contributed by atoms with van der Waals surface area (Å²) >= 11 is 0. The van der Waals surface area contributed by atoms with E-state index >= 15 is 0 Å². The first-order valence-electron chi connectivity index (χ1n) is 20.7. The Morgan fingerprint density at radius 1 is 0.333 bits per heavy atom. The third kappa shape index (κ3) is 12.6. The molecule has 4 aliphatic rings. The summed E-state index contributed by atoms with van der Waals surface area (Å²) in [5, 5.41) is 65.5. The molecule has 1 aliphatic heterocycles. The van der Waals surface area contributed by atoms with Crippen molar-refractivity contribution in [2.45, 2.75) is 173 Å². The van der Waals surface area contributed by atoms with Crippen LogP contribution < -0.4 is 0 Å². The zero-order valence-corrected chi connectivity index (χ0v) is 43.7. The van der Waals surface area contributed by atoms with Gasteiger partial charge < -0.3 is 47.2 Å². The molecule has 7 rings (SSSR count). The molecule has 0 saturated heterocycles. The zero-order chi connectivity index (χ0) is 37.6. The van der Waals surface area contributed by atoms with Gasteiger partial charge in [-0.2, -0.15) is 36.3 Å². The maximum atomic E-state index is 11.5. The monoisotopic (exact) mass is 924 g/mol. The fourth-order valence-electron chi connectivity index (χ4n) is 9.37. The van der Waals surface area contributed by atoms with Crippen LogP contribution in [0.25, 0.3) is 31.9 Å². The zero-order valence-electron chi connectivity index (χ0n) is 34.8. The number of fused-ring (bicyclic) bond motifs is 9. The van der Waals surface area contributed by atoms with Crippen LogP contribution in [-0.4, -0.2) is 51.6 Å². The molecule has 0 radical (unpaired) electrons. The van der Waals surface area contributed by atoms with E-state index in [1.165, 1.54) is 0 Å². The minimum atomic E-state index is 0. The number of rotatable bonds is 0. The summed E-state index contributed by atoms with van der Waals surface area (Å²) in [6.07, 6.45) is 12.6. The van der Waals surface area contributed by atoms with E-state index in [-0.39, 0.29) is 94.7 Å². The molecule has 0 spiro atoms. The molecule has 3 fully saturated rings. The number of phenols is 3. The van der Waals surface area contributed by atoms with Crippen molar-refractivity contribution in [2.24, 2.45) is 0 Å². The fourth-order valence-corrected chi connectivity index (χ4v) is 9.37. The molecule has 9 nitrogen and oxygen atoms in total. The summed E-state index contributed by atoms with van der Waals surface area (Å²) in [5.74, 6) is 0.887. The van der Waals surface area contributed by atoms with Gasteiger partial charge in [0.2, 0.25) is 0 Å². The van der Waals surface area contributed by atoms with Crippen molar-refractivity contribution in [1.82, 2.24) is 0 Å². The van der Waals surface area contributed by atoms with Crippen LogP contribution in [0.15, 0.2) is 36.4 Å². The third-order valence-electron chi connectivity index (χ3n) is 12.3. The van der Waals surface area contributed by atoms with Gasteiger partial charge in [0.1, 0.15) is 17.2 Å². The van der Waals surface area contributed by atoms with E-state index in [0.29, 0.717) is 56.5 Å². The standard InChI is InChI=1S/C45H60N6O3.3Zn/c1-28-16-31-22-46-37-10-4-6-12-39(37)48-24-33-18-29(2)20-35(44(33)53)26-50-41-14-8-9-15-42(41)51-27-36-21-30(3)19-34(45(36)54)25-49-40-13-7-5-11-38(40)47-23-32(17-28)43(31)52;;;/h16-21,37-42,52-54H,4-15,22-27H2,1-3H3;;;/q-6;3*+2/t37-,38-,39-,40-,41-,42-;;;/m1.../s1. The summed E-state index contributed by atoms with van der Waals surface area (Å²) in [5.41, 5.74) is 8.33. The number of aromatic hydroxyl groups is 3. The van der Waals surface area contributed by atoms with Gasteiger partial charge in [0, 0.05) is 0 Å². The number of benzene rings is 3. The average molecular weight is 929 g/mol. The van der Waals surface area contributed by atoms with Crippen LogP contribution in [-0.2, 0) is 97.7 Å². The second-order valence-electron chi connectivity index (χ2n) is 16.6. The SMILES string of the molecule is Cc1cc2c(O)c(c1)C[N-][C@@H]1CCCC[C@H]1[N-]Cc1cc(C)cc(c1O)C[N-][C@@H]1CCCC[C@H]1[N-]Cc1cc(C)cc(c1O)C[N-][C@@H]1CCCC[C@H]1[N-]C2.[Zn+2].[Zn+2].[Zn+2]. The Morgan fingerprint density at radius 3 is 0.649 bits per heavy atom. The summed E-state index contributed by atoms with van der Waals surface area (Å²) in [6, 6.07) is 12.8. The maximum absolute atomic E-state index is 11.5. The Morgan fingerprint density at radius 2 is 0.491 bits per heavy atom. The predicted molar refractivity (Wildman–Crippen MR) is 219 cm³/mol. The molecule has 3 saturated carbocycles. The third-order valence-corrected chi connectivity index (χ3v) is 12.3. The molecular formula is C45H60N6O3Zn3. The number of hydrogen-bond donors (Lipinski definition) is 3. The van der Waals surface area contributed by atoms with Crippen molar-refractivity contribution in [1.29, 1.82) is 0 Å². The Hall–Kier alpha value is -1.31. The largest absolute Gasteiger partial charge is 2.00 e. The number of nitrogens with zero attached hydrogens (tertiary/aromatic N) is 6. The predicted octanol–water partition coefficient (Wildman–Crippen LogP) is 11.3. The van der Waals surface area contributed by atoms with Crippen molar-refractivity contribution in [3.63, 3.8) is 0 Å². The molecular weight excluding hydrogens is 869 g/mol. The molecule has 3 aliphatic carbocycles. The molecule has 12 heteroatoms. The van der Waals surface area contributed by atoms with Gasteiger partial charge in [-0.3, -0.25) is 0 Å². The molecule has 294 valence electrons. The van der Waals surface area contributed by atoms with Crippen LogP contribution in [0.5, 0.6) is 17.2 Å². The first kappa shape index (κ1) is 48.4. The van der Waals surface area contributed by atoms with Gasteiger partial charge in [0.25, 0.3) is 0 Å². The van der Waals surface area contributed by atoms with Crippen molar-refractivity contribution in [3.8, 4) is 17.2 Å². The Balaban J connectivity index is 0.00000240. The van der Waals surface area contributed by atoms with Crippen LogP contribution >= 0.6 is 0 Å². The van der Waals surface area contributed by atoms with E-state index in [1.807, 2.05) is 0 Å². The van der Waals surface area contributed by atoms with Gasteiger partial charge in [-0.05, 0) is 54.2 Å². The molecule has 3 aromatic rings. The first-order chi connectivity index (χ1) is 26.2. The van der Waals surface area contributed by atoms with E-state index in [2.05, 4.69) is 57.2 Å². The van der Waals surface area contributed by atoms with Gasteiger partial charge in [-0.1, -0.05) is 130 Å². The minimum Gasteiger partial charge on any atom is -0.657 e. The molecule has 0 amide bonds. The van der Waals surface area contributed by atoms with Crippen molar-refractivity contribution >= 4 is 0 Å².